The summed E-state index contributed by atoms with van der Waals surface area (Å²) >= 11 is 5.29. The summed E-state index contributed by atoms with van der Waals surface area (Å²) in [5.74, 6) is 0. The number of nitrogens with one attached hydrogen (secondary N) is 1. The first-order chi connectivity index (χ1) is 9.13. The van der Waals surface area contributed by atoms with Crippen LogP contribution >= 0.6 is 27.3 Å². The highest BCUT2D eigenvalue weighted by Gasteiger charge is 2.33. The Labute approximate surface area is 128 Å². The predicted molar refractivity (Wildman–Crippen MR) is 84.8 cm³/mol. The molecule has 1 N–H and O–H groups in total. The molecule has 1 aliphatic heterocycles. The smallest absolute Gasteiger partial charge is 0.0701 e. The average molecular weight is 347 g/mol. The van der Waals surface area contributed by atoms with Crippen molar-refractivity contribution in [3.63, 3.8) is 0 Å². The van der Waals surface area contributed by atoms with Crippen molar-refractivity contribution in [3.05, 3.63) is 20.8 Å². The Kier molecular flexibility index (Phi) is 5.84. The van der Waals surface area contributed by atoms with Gasteiger partial charge < -0.3 is 15.0 Å². The van der Waals surface area contributed by atoms with Crippen molar-refractivity contribution in [1.82, 2.24) is 10.2 Å². The Hall–Kier alpha value is 0.0600. The summed E-state index contributed by atoms with van der Waals surface area (Å²) in [7, 11) is 4.27. The Morgan fingerprint density at radius 2 is 2.21 bits per heavy atom. The molecule has 1 saturated heterocycles. The molecule has 0 bridgehead atoms. The second kappa shape index (κ2) is 7.18. The zero-order chi connectivity index (χ0) is 13.7. The number of ether oxygens (including phenoxy) is 1. The van der Waals surface area contributed by atoms with Crippen LogP contribution in [0.2, 0.25) is 0 Å². The van der Waals surface area contributed by atoms with Crippen LogP contribution in [0.25, 0.3) is 0 Å². The van der Waals surface area contributed by atoms with E-state index in [0.717, 1.165) is 45.7 Å². The summed E-state index contributed by atoms with van der Waals surface area (Å²) in [6.45, 7) is 5.03. The van der Waals surface area contributed by atoms with E-state index < -0.39 is 0 Å². The van der Waals surface area contributed by atoms with Crippen LogP contribution in [0.15, 0.2) is 15.2 Å². The SMILES string of the molecule is CNCC1(CN(C)Cc2csc(Br)c2)CCOCC1. The van der Waals surface area contributed by atoms with Crippen LogP contribution in [0.3, 0.4) is 0 Å². The second-order valence-corrected chi connectivity index (χ2v) is 7.86. The van der Waals surface area contributed by atoms with Gasteiger partial charge in [-0.05, 0) is 65.3 Å². The van der Waals surface area contributed by atoms with Crippen LogP contribution in [0.4, 0.5) is 0 Å². The molecule has 1 aromatic heterocycles. The topological polar surface area (TPSA) is 24.5 Å². The highest BCUT2D eigenvalue weighted by molar-refractivity contribution is 9.11. The summed E-state index contributed by atoms with van der Waals surface area (Å²) in [5, 5.41) is 5.60. The molecule has 0 amide bonds. The molecule has 19 heavy (non-hydrogen) atoms. The van der Waals surface area contributed by atoms with Gasteiger partial charge >= 0.3 is 0 Å². The van der Waals surface area contributed by atoms with E-state index in [-0.39, 0.29) is 0 Å². The van der Waals surface area contributed by atoms with Gasteiger partial charge in [0.05, 0.1) is 3.79 Å². The van der Waals surface area contributed by atoms with Crippen LogP contribution in [-0.2, 0) is 11.3 Å². The van der Waals surface area contributed by atoms with Crippen molar-refractivity contribution in [2.45, 2.75) is 19.4 Å². The predicted octanol–water partition coefficient (Wildman–Crippen LogP) is 2.96. The van der Waals surface area contributed by atoms with Crippen molar-refractivity contribution < 1.29 is 4.74 Å². The standard InChI is InChI=1S/C14H23BrN2OS/c1-16-10-14(3-5-18-6-4-14)11-17(2)8-12-7-13(15)19-9-12/h7,9,16H,3-6,8,10-11H2,1-2H3. The zero-order valence-corrected chi connectivity index (χ0v) is 14.1. The van der Waals surface area contributed by atoms with Gasteiger partial charge in [0.2, 0.25) is 0 Å². The lowest BCUT2D eigenvalue weighted by Crippen LogP contribution is -2.45. The molecule has 1 fully saturated rings. The Balaban J connectivity index is 1.92. The molecule has 3 nitrogen and oxygen atoms in total. The Morgan fingerprint density at radius 1 is 1.47 bits per heavy atom. The Bertz CT molecular complexity index is 385. The van der Waals surface area contributed by atoms with Crippen LogP contribution in [0.1, 0.15) is 18.4 Å². The quantitative estimate of drug-likeness (QED) is 0.856. The van der Waals surface area contributed by atoms with Crippen molar-refractivity contribution in [2.24, 2.45) is 5.41 Å². The highest BCUT2D eigenvalue weighted by Crippen LogP contribution is 2.31. The molecule has 0 atom stereocenters. The molecule has 2 rings (SSSR count). The maximum Gasteiger partial charge on any atom is 0.0701 e. The van der Waals surface area contributed by atoms with Crippen LogP contribution < -0.4 is 5.32 Å². The fraction of sp³-hybridized carbons (Fsp3) is 0.714. The molecule has 1 aliphatic rings. The summed E-state index contributed by atoms with van der Waals surface area (Å²) < 4.78 is 6.74. The van der Waals surface area contributed by atoms with E-state index in [9.17, 15) is 0 Å². The van der Waals surface area contributed by atoms with E-state index in [2.05, 4.69) is 44.6 Å². The van der Waals surface area contributed by atoms with Gasteiger partial charge in [0.15, 0.2) is 0 Å². The van der Waals surface area contributed by atoms with Crippen molar-refractivity contribution in [3.8, 4) is 0 Å². The van der Waals surface area contributed by atoms with Crippen molar-refractivity contribution >= 4 is 27.3 Å². The lowest BCUT2D eigenvalue weighted by Gasteiger charge is -2.40. The highest BCUT2D eigenvalue weighted by atomic mass is 79.9. The minimum atomic E-state index is 0.370. The third-order valence-electron chi connectivity index (χ3n) is 3.78. The minimum Gasteiger partial charge on any atom is -0.381 e. The number of rotatable bonds is 6. The third kappa shape index (κ3) is 4.53. The number of nitrogens with zero attached hydrogens (tertiary/aromatic N) is 1. The summed E-state index contributed by atoms with van der Waals surface area (Å²) in [6.07, 6.45) is 2.32. The first kappa shape index (κ1) is 15.4. The van der Waals surface area contributed by atoms with Gasteiger partial charge in [-0.3, -0.25) is 0 Å². The van der Waals surface area contributed by atoms with E-state index in [4.69, 9.17) is 4.74 Å². The second-order valence-electron chi connectivity index (χ2n) is 5.57. The zero-order valence-electron chi connectivity index (χ0n) is 11.7. The number of halogens is 1. The first-order valence-electron chi connectivity index (χ1n) is 6.77. The molecule has 0 spiro atoms. The lowest BCUT2D eigenvalue weighted by atomic mass is 9.79. The molecular formula is C14H23BrN2OS. The largest absolute Gasteiger partial charge is 0.381 e. The van der Waals surface area contributed by atoms with E-state index in [1.165, 1.54) is 9.35 Å². The number of hydrogen-bond acceptors (Lipinski definition) is 4. The van der Waals surface area contributed by atoms with Crippen LogP contribution in [0.5, 0.6) is 0 Å². The maximum absolute atomic E-state index is 5.52. The normalized spacial score (nSPS) is 18.9. The van der Waals surface area contributed by atoms with Gasteiger partial charge in [0.25, 0.3) is 0 Å². The van der Waals surface area contributed by atoms with Gasteiger partial charge in [-0.2, -0.15) is 0 Å². The fourth-order valence-corrected chi connectivity index (χ4v) is 4.14. The molecule has 0 unspecified atom stereocenters. The fourth-order valence-electron chi connectivity index (χ4n) is 2.94. The molecule has 2 heterocycles. The molecule has 5 heteroatoms. The molecule has 0 aromatic carbocycles. The van der Waals surface area contributed by atoms with E-state index in [1.807, 2.05) is 7.05 Å². The van der Waals surface area contributed by atoms with Crippen LogP contribution in [-0.4, -0.2) is 45.3 Å². The van der Waals surface area contributed by atoms with Crippen LogP contribution in [0, 0.1) is 5.41 Å². The number of thiophene rings is 1. The molecule has 0 saturated carbocycles. The van der Waals surface area contributed by atoms with Gasteiger partial charge in [-0.25, -0.2) is 0 Å². The van der Waals surface area contributed by atoms with Gasteiger partial charge in [0.1, 0.15) is 0 Å². The summed E-state index contributed by atoms with van der Waals surface area (Å²) in [4.78, 5) is 2.44. The first-order valence-corrected chi connectivity index (χ1v) is 8.45. The van der Waals surface area contributed by atoms with Crippen molar-refractivity contribution in [2.75, 3.05) is 40.4 Å². The monoisotopic (exact) mass is 346 g/mol. The van der Waals surface area contributed by atoms with Gasteiger partial charge in [0, 0.05) is 32.8 Å². The third-order valence-corrected chi connectivity index (χ3v) is 5.34. The molecular weight excluding hydrogens is 324 g/mol. The summed E-state index contributed by atoms with van der Waals surface area (Å²) in [5.41, 5.74) is 1.76. The summed E-state index contributed by atoms with van der Waals surface area (Å²) in [6, 6.07) is 2.22. The van der Waals surface area contributed by atoms with E-state index in [1.54, 1.807) is 11.3 Å². The van der Waals surface area contributed by atoms with Gasteiger partial charge in [-0.1, -0.05) is 0 Å². The molecule has 1 aromatic rings. The van der Waals surface area contributed by atoms with Gasteiger partial charge in [-0.15, -0.1) is 11.3 Å². The van der Waals surface area contributed by atoms with E-state index in [0.29, 0.717) is 5.41 Å². The number of hydrogen-bond donors (Lipinski definition) is 1. The van der Waals surface area contributed by atoms with Crippen molar-refractivity contribution in [1.29, 1.82) is 0 Å². The maximum atomic E-state index is 5.52. The Morgan fingerprint density at radius 3 is 2.79 bits per heavy atom. The molecule has 0 aliphatic carbocycles. The average Bonchev–Trinajstić information content (AvgIpc) is 2.75. The van der Waals surface area contributed by atoms with E-state index >= 15 is 0 Å². The lowest BCUT2D eigenvalue weighted by molar-refractivity contribution is -0.000721. The minimum absolute atomic E-state index is 0.370. The molecule has 0 radical (unpaired) electrons. The molecule has 108 valence electrons.